The molecule has 1 aliphatic carbocycles. The number of hydrogen-bond donors (Lipinski definition) is 1. The Morgan fingerprint density at radius 1 is 0.941 bits per heavy atom. The minimum atomic E-state index is -0.509. The van der Waals surface area contributed by atoms with Crippen LogP contribution >= 0.6 is 0 Å². The van der Waals surface area contributed by atoms with Gasteiger partial charge < -0.3 is 24.3 Å². The number of rotatable bonds is 5. The Balaban J connectivity index is 1.39. The number of amides is 1. The number of benzene rings is 3. The van der Waals surface area contributed by atoms with Gasteiger partial charge in [0, 0.05) is 12.0 Å². The zero-order chi connectivity index (χ0) is 23.5. The maximum absolute atomic E-state index is 13.1. The predicted molar refractivity (Wildman–Crippen MR) is 129 cm³/mol. The topological polar surface area (TPSA) is 66.0 Å². The van der Waals surface area contributed by atoms with Gasteiger partial charge in [0.1, 0.15) is 23.4 Å². The molecule has 0 fully saturated rings. The summed E-state index contributed by atoms with van der Waals surface area (Å²) in [5.74, 6) is 2.22. The van der Waals surface area contributed by atoms with Crippen molar-refractivity contribution < 1.29 is 23.7 Å². The first-order valence-corrected chi connectivity index (χ1v) is 11.7. The minimum Gasteiger partial charge on any atom is -0.497 e. The monoisotopic (exact) mass is 459 g/mol. The van der Waals surface area contributed by atoms with Crippen molar-refractivity contribution in [3.63, 3.8) is 0 Å². The Kier molecular flexibility index (Phi) is 6.30. The number of ether oxygens (including phenoxy) is 4. The number of fused-ring (bicyclic) bond motifs is 2. The molecule has 6 heteroatoms. The van der Waals surface area contributed by atoms with E-state index in [1.807, 2.05) is 54.6 Å². The molecule has 3 aromatic rings. The number of methoxy groups -OCH3 is 2. The average Bonchev–Trinajstić information content (AvgIpc) is 2.88. The van der Waals surface area contributed by atoms with Gasteiger partial charge in [-0.25, -0.2) is 4.79 Å². The molecule has 1 heterocycles. The molecule has 6 nitrogen and oxygen atoms in total. The molecule has 1 N–H and O–H groups in total. The van der Waals surface area contributed by atoms with Crippen molar-refractivity contribution >= 4 is 6.09 Å². The largest absolute Gasteiger partial charge is 0.497 e. The maximum Gasteiger partial charge on any atom is 0.408 e. The molecule has 2 aliphatic rings. The Hall–Kier alpha value is -3.67. The quantitative estimate of drug-likeness (QED) is 0.542. The van der Waals surface area contributed by atoms with Gasteiger partial charge in [0.2, 0.25) is 0 Å². The highest BCUT2D eigenvalue weighted by molar-refractivity contribution is 5.68. The summed E-state index contributed by atoms with van der Waals surface area (Å²) in [6.45, 7) is 0. The summed E-state index contributed by atoms with van der Waals surface area (Å²) in [4.78, 5) is 13.1. The molecular formula is C28H29NO5. The Morgan fingerprint density at radius 3 is 2.62 bits per heavy atom. The SMILES string of the molecule is COc1cccc([C@@H]2Oc3ccc(OC)cc3C[C@H]2OC(=O)N[C@H]2CCCc3ccccc32)c1. The van der Waals surface area contributed by atoms with Crippen molar-refractivity contribution in [2.24, 2.45) is 0 Å². The van der Waals surface area contributed by atoms with Gasteiger partial charge in [0.25, 0.3) is 0 Å². The Bertz CT molecular complexity index is 1180. The van der Waals surface area contributed by atoms with E-state index in [4.69, 9.17) is 18.9 Å². The molecule has 5 rings (SSSR count). The van der Waals surface area contributed by atoms with Crippen molar-refractivity contribution in [3.05, 3.63) is 89.0 Å². The fourth-order valence-electron chi connectivity index (χ4n) is 4.92. The molecule has 34 heavy (non-hydrogen) atoms. The summed E-state index contributed by atoms with van der Waals surface area (Å²) in [6.07, 6.45) is 2.08. The molecule has 1 amide bonds. The fourth-order valence-corrected chi connectivity index (χ4v) is 4.92. The molecule has 3 atom stereocenters. The molecule has 0 saturated carbocycles. The van der Waals surface area contributed by atoms with Crippen LogP contribution in [0, 0.1) is 0 Å². The lowest BCUT2D eigenvalue weighted by Crippen LogP contribution is -2.39. The second kappa shape index (κ2) is 9.67. The van der Waals surface area contributed by atoms with Crippen molar-refractivity contribution in [2.75, 3.05) is 14.2 Å². The second-order valence-corrected chi connectivity index (χ2v) is 8.72. The number of alkyl carbamates (subject to hydrolysis) is 1. The highest BCUT2D eigenvalue weighted by Crippen LogP contribution is 2.39. The normalized spacial score (nSPS) is 20.8. The molecule has 176 valence electrons. The fraction of sp³-hybridized carbons (Fsp3) is 0.321. The summed E-state index contributed by atoms with van der Waals surface area (Å²) in [6, 6.07) is 21.6. The third-order valence-electron chi connectivity index (χ3n) is 6.62. The first-order chi connectivity index (χ1) is 16.6. The number of nitrogens with one attached hydrogen (secondary N) is 1. The number of carbonyl (C=O) groups is 1. The lowest BCUT2D eigenvalue weighted by molar-refractivity contribution is 0.00174. The van der Waals surface area contributed by atoms with Crippen LogP contribution in [0.3, 0.4) is 0 Å². The highest BCUT2D eigenvalue weighted by atomic mass is 16.6. The van der Waals surface area contributed by atoms with Crippen LogP contribution in [0.4, 0.5) is 4.79 Å². The Morgan fingerprint density at radius 2 is 1.76 bits per heavy atom. The molecule has 0 spiro atoms. The van der Waals surface area contributed by atoms with Crippen LogP contribution in [0.15, 0.2) is 66.7 Å². The number of carbonyl (C=O) groups excluding carboxylic acids is 1. The molecule has 0 radical (unpaired) electrons. The van der Waals surface area contributed by atoms with Crippen LogP contribution in [0.5, 0.6) is 17.2 Å². The van der Waals surface area contributed by atoms with Gasteiger partial charge in [0.15, 0.2) is 6.10 Å². The van der Waals surface area contributed by atoms with Crippen molar-refractivity contribution in [2.45, 2.75) is 43.9 Å². The van der Waals surface area contributed by atoms with E-state index in [0.29, 0.717) is 6.42 Å². The maximum atomic E-state index is 13.1. The summed E-state index contributed by atoms with van der Waals surface area (Å²) in [5, 5.41) is 3.10. The van der Waals surface area contributed by atoms with E-state index in [0.717, 1.165) is 47.6 Å². The van der Waals surface area contributed by atoms with Crippen molar-refractivity contribution in [1.29, 1.82) is 0 Å². The van der Waals surface area contributed by atoms with E-state index in [-0.39, 0.29) is 6.04 Å². The van der Waals surface area contributed by atoms with E-state index in [1.165, 1.54) is 11.1 Å². The van der Waals surface area contributed by atoms with Crippen LogP contribution < -0.4 is 19.5 Å². The molecule has 3 aromatic carbocycles. The van der Waals surface area contributed by atoms with Crippen LogP contribution in [0.25, 0.3) is 0 Å². The smallest absolute Gasteiger partial charge is 0.408 e. The molecule has 0 aromatic heterocycles. The van der Waals surface area contributed by atoms with Crippen LogP contribution in [0.2, 0.25) is 0 Å². The Labute approximate surface area is 199 Å². The standard InChI is InChI=1S/C28H29NO5/c1-31-21-10-5-9-19(15-21)27-26(17-20-16-22(32-2)13-14-25(20)33-27)34-28(30)29-24-12-6-8-18-7-3-4-11-23(18)24/h3-5,7,9-11,13-16,24,26-27H,6,8,12,17H2,1-2H3,(H,29,30)/t24-,26+,27-/m0/s1. The van der Waals surface area contributed by atoms with Crippen molar-refractivity contribution in [1.82, 2.24) is 5.32 Å². The molecule has 1 aliphatic heterocycles. The van der Waals surface area contributed by atoms with Crippen LogP contribution in [0.1, 0.15) is 47.2 Å². The highest BCUT2D eigenvalue weighted by Gasteiger charge is 2.35. The van der Waals surface area contributed by atoms with E-state index < -0.39 is 18.3 Å². The lowest BCUT2D eigenvalue weighted by atomic mass is 9.88. The molecular weight excluding hydrogens is 430 g/mol. The van der Waals surface area contributed by atoms with Gasteiger partial charge >= 0.3 is 6.09 Å². The van der Waals surface area contributed by atoms with E-state index in [9.17, 15) is 4.79 Å². The van der Waals surface area contributed by atoms with Crippen molar-refractivity contribution in [3.8, 4) is 17.2 Å². The molecule has 0 saturated heterocycles. The van der Waals surface area contributed by atoms with E-state index >= 15 is 0 Å². The van der Waals surface area contributed by atoms with Crippen LogP contribution in [-0.4, -0.2) is 26.4 Å². The molecule has 0 bridgehead atoms. The van der Waals surface area contributed by atoms with E-state index in [1.54, 1.807) is 14.2 Å². The first-order valence-electron chi connectivity index (χ1n) is 11.7. The first kappa shape index (κ1) is 22.1. The van der Waals surface area contributed by atoms with Gasteiger partial charge in [-0.15, -0.1) is 0 Å². The summed E-state index contributed by atoms with van der Waals surface area (Å²) in [5.41, 5.74) is 4.29. The van der Waals surface area contributed by atoms with Gasteiger partial charge in [-0.2, -0.15) is 0 Å². The van der Waals surface area contributed by atoms with Crippen LogP contribution in [-0.2, 0) is 17.6 Å². The van der Waals surface area contributed by atoms with Gasteiger partial charge in [-0.3, -0.25) is 0 Å². The zero-order valence-electron chi connectivity index (χ0n) is 19.5. The summed E-state index contributed by atoms with van der Waals surface area (Å²) in [7, 11) is 3.26. The van der Waals surface area contributed by atoms with Gasteiger partial charge in [-0.05, 0) is 66.3 Å². The minimum absolute atomic E-state index is 0.0513. The molecule has 0 unspecified atom stereocenters. The van der Waals surface area contributed by atoms with E-state index in [2.05, 4.69) is 17.4 Å². The number of aryl methyl sites for hydroxylation is 1. The third-order valence-corrected chi connectivity index (χ3v) is 6.62. The lowest BCUT2D eigenvalue weighted by Gasteiger charge is -2.34. The summed E-state index contributed by atoms with van der Waals surface area (Å²) < 4.78 is 23.2. The summed E-state index contributed by atoms with van der Waals surface area (Å²) >= 11 is 0. The average molecular weight is 460 g/mol. The van der Waals surface area contributed by atoms with Gasteiger partial charge in [0.05, 0.1) is 20.3 Å². The second-order valence-electron chi connectivity index (χ2n) is 8.72. The van der Waals surface area contributed by atoms with Gasteiger partial charge in [-0.1, -0.05) is 36.4 Å². The zero-order valence-corrected chi connectivity index (χ0v) is 19.5. The number of hydrogen-bond acceptors (Lipinski definition) is 5. The third kappa shape index (κ3) is 4.53. The predicted octanol–water partition coefficient (Wildman–Crippen LogP) is 5.55.